The highest BCUT2D eigenvalue weighted by Crippen LogP contribution is 2.28. The van der Waals surface area contributed by atoms with Gasteiger partial charge in [0, 0.05) is 22.2 Å². The number of nitrogens with one attached hydrogen (secondary N) is 3. The first-order valence-electron chi connectivity index (χ1n) is 12.2. The van der Waals surface area contributed by atoms with Crippen LogP contribution >= 0.6 is 23.4 Å². The summed E-state index contributed by atoms with van der Waals surface area (Å²) < 4.78 is 5.31. The Bertz CT molecular complexity index is 1590. The molecule has 9 nitrogen and oxygen atoms in total. The minimum Gasteiger partial charge on any atom is -0.478 e. The summed E-state index contributed by atoms with van der Waals surface area (Å²) in [4.78, 5) is 50.5. The van der Waals surface area contributed by atoms with Crippen LogP contribution in [-0.4, -0.2) is 34.0 Å². The number of furan rings is 1. The summed E-state index contributed by atoms with van der Waals surface area (Å²) in [5, 5.41) is 16.9. The Morgan fingerprint density at radius 3 is 2.29 bits per heavy atom. The largest absolute Gasteiger partial charge is 0.478 e. The maximum atomic E-state index is 13.1. The number of hydrogen-bond donors (Lipinski definition) is 4. The molecule has 1 aromatic heterocycles. The second kappa shape index (κ2) is 13.5. The molecule has 0 spiro atoms. The van der Waals surface area contributed by atoms with E-state index in [1.165, 1.54) is 42.3 Å². The van der Waals surface area contributed by atoms with Crippen molar-refractivity contribution in [3.8, 4) is 0 Å². The quantitative estimate of drug-likeness (QED) is 0.128. The van der Waals surface area contributed by atoms with Gasteiger partial charge in [0.15, 0.2) is 0 Å². The maximum absolute atomic E-state index is 13.1. The van der Waals surface area contributed by atoms with E-state index in [-0.39, 0.29) is 27.9 Å². The second-order valence-corrected chi connectivity index (χ2v) is 10.4. The molecule has 3 amide bonds. The molecule has 4 aromatic rings. The zero-order valence-electron chi connectivity index (χ0n) is 21.6. The van der Waals surface area contributed by atoms with E-state index >= 15 is 0 Å². The molecule has 41 heavy (non-hydrogen) atoms. The van der Waals surface area contributed by atoms with Gasteiger partial charge in [-0.05, 0) is 73.7 Å². The number of aromatic carboxylic acids is 1. The minimum atomic E-state index is -1.13. The number of halogens is 1. The number of thioether (sulfide) groups is 1. The van der Waals surface area contributed by atoms with Crippen LogP contribution in [0.15, 0.2) is 106 Å². The van der Waals surface area contributed by atoms with Crippen LogP contribution in [0.5, 0.6) is 0 Å². The van der Waals surface area contributed by atoms with Gasteiger partial charge < -0.3 is 25.5 Å². The molecule has 4 N–H and O–H groups in total. The van der Waals surface area contributed by atoms with Gasteiger partial charge in [-0.25, -0.2) is 4.79 Å². The van der Waals surface area contributed by atoms with Gasteiger partial charge in [0.1, 0.15) is 11.5 Å². The fourth-order valence-corrected chi connectivity index (χ4v) is 4.55. The summed E-state index contributed by atoms with van der Waals surface area (Å²) in [7, 11) is 0. The first-order chi connectivity index (χ1) is 19.7. The predicted molar refractivity (Wildman–Crippen MR) is 158 cm³/mol. The van der Waals surface area contributed by atoms with Crippen molar-refractivity contribution in [2.24, 2.45) is 0 Å². The summed E-state index contributed by atoms with van der Waals surface area (Å²) in [5.74, 6) is -2.11. The Hall–Kier alpha value is -4.80. The summed E-state index contributed by atoms with van der Waals surface area (Å²) in [6.45, 7) is 1.70. The Morgan fingerprint density at radius 2 is 1.63 bits per heavy atom. The van der Waals surface area contributed by atoms with E-state index in [0.29, 0.717) is 17.0 Å². The molecular weight excluding hydrogens is 566 g/mol. The molecule has 0 aliphatic rings. The van der Waals surface area contributed by atoms with Crippen molar-refractivity contribution in [1.82, 2.24) is 5.32 Å². The van der Waals surface area contributed by atoms with Crippen LogP contribution in [0, 0.1) is 0 Å². The van der Waals surface area contributed by atoms with Gasteiger partial charge in [0.25, 0.3) is 11.8 Å². The van der Waals surface area contributed by atoms with Crippen LogP contribution in [0.3, 0.4) is 0 Å². The molecule has 1 heterocycles. The van der Waals surface area contributed by atoms with Crippen LogP contribution in [0.4, 0.5) is 11.4 Å². The Kier molecular flexibility index (Phi) is 9.62. The van der Waals surface area contributed by atoms with E-state index in [1.54, 1.807) is 73.7 Å². The van der Waals surface area contributed by atoms with E-state index in [9.17, 15) is 24.3 Å². The standard InChI is InChI=1S/C30H24ClN3O6S/c1-18(27(35)33-25-16-20(30(38)39)9-14-24(25)31)41-23-12-10-21(11-13-23)32-29(37)26(17-22-8-5-15-40-22)34-28(36)19-6-3-2-4-7-19/h2-18H,1H3,(H,32,37)(H,33,35)(H,34,36)(H,38,39)/b26-17-. The summed E-state index contributed by atoms with van der Waals surface area (Å²) in [6, 6.07) is 22.7. The zero-order valence-corrected chi connectivity index (χ0v) is 23.2. The van der Waals surface area contributed by atoms with E-state index < -0.39 is 23.0 Å². The highest BCUT2D eigenvalue weighted by Gasteiger charge is 2.18. The lowest BCUT2D eigenvalue weighted by Crippen LogP contribution is -2.30. The first-order valence-corrected chi connectivity index (χ1v) is 13.5. The number of carbonyl (C=O) groups is 4. The zero-order chi connectivity index (χ0) is 29.4. The van der Waals surface area contributed by atoms with Gasteiger partial charge in [0.05, 0.1) is 27.8 Å². The molecule has 0 radical (unpaired) electrons. The van der Waals surface area contributed by atoms with Gasteiger partial charge in [0.2, 0.25) is 5.91 Å². The highest BCUT2D eigenvalue weighted by molar-refractivity contribution is 8.00. The number of carboxylic acid groups (broad SMARTS) is 1. The van der Waals surface area contributed by atoms with Crippen molar-refractivity contribution >= 4 is 64.5 Å². The molecule has 1 unspecified atom stereocenters. The van der Waals surface area contributed by atoms with Crippen LogP contribution in [0.1, 0.15) is 33.4 Å². The molecule has 4 rings (SSSR count). The first kappa shape index (κ1) is 29.2. The van der Waals surface area contributed by atoms with Gasteiger partial charge in [-0.1, -0.05) is 29.8 Å². The van der Waals surface area contributed by atoms with Gasteiger partial charge in [-0.2, -0.15) is 0 Å². The van der Waals surface area contributed by atoms with Crippen LogP contribution in [0.25, 0.3) is 6.08 Å². The van der Waals surface area contributed by atoms with Crippen LogP contribution < -0.4 is 16.0 Å². The molecule has 11 heteroatoms. The SMILES string of the molecule is CC(Sc1ccc(NC(=O)/C(=C/c2ccco2)NC(=O)c2ccccc2)cc1)C(=O)Nc1cc(C(=O)O)ccc1Cl. The van der Waals surface area contributed by atoms with Gasteiger partial charge in [-0.15, -0.1) is 11.8 Å². The lowest BCUT2D eigenvalue weighted by molar-refractivity contribution is -0.115. The van der Waals surface area contributed by atoms with Gasteiger partial charge in [-0.3, -0.25) is 14.4 Å². The molecule has 1 atom stereocenters. The van der Waals surface area contributed by atoms with Crippen LogP contribution in [0.2, 0.25) is 5.02 Å². The van der Waals surface area contributed by atoms with Crippen molar-refractivity contribution in [2.75, 3.05) is 10.6 Å². The highest BCUT2D eigenvalue weighted by atomic mass is 35.5. The van der Waals surface area contributed by atoms with Crippen molar-refractivity contribution in [2.45, 2.75) is 17.1 Å². The molecule has 3 aromatic carbocycles. The fraction of sp³-hybridized carbons (Fsp3) is 0.0667. The number of amides is 3. The Balaban J connectivity index is 1.40. The van der Waals surface area contributed by atoms with E-state index in [4.69, 9.17) is 16.0 Å². The van der Waals surface area contributed by atoms with Crippen LogP contribution in [-0.2, 0) is 9.59 Å². The molecule has 0 saturated heterocycles. The molecule has 0 bridgehead atoms. The Labute approximate surface area is 244 Å². The molecule has 0 aliphatic heterocycles. The monoisotopic (exact) mass is 589 g/mol. The van der Waals surface area contributed by atoms with Crippen molar-refractivity contribution < 1.29 is 28.7 Å². The Morgan fingerprint density at radius 1 is 0.902 bits per heavy atom. The third kappa shape index (κ3) is 8.10. The number of carbonyl (C=O) groups excluding carboxylic acids is 3. The molecule has 208 valence electrons. The third-order valence-electron chi connectivity index (χ3n) is 5.62. The topological polar surface area (TPSA) is 138 Å². The molecule has 0 fully saturated rings. The fourth-order valence-electron chi connectivity index (χ4n) is 3.52. The average Bonchev–Trinajstić information content (AvgIpc) is 3.48. The summed E-state index contributed by atoms with van der Waals surface area (Å²) >= 11 is 7.37. The van der Waals surface area contributed by atoms with Crippen molar-refractivity contribution in [3.05, 3.63) is 119 Å². The predicted octanol–water partition coefficient (Wildman–Crippen LogP) is 6.16. The number of hydrogen-bond acceptors (Lipinski definition) is 6. The number of anilines is 2. The molecular formula is C30H24ClN3O6S. The molecule has 0 saturated carbocycles. The smallest absolute Gasteiger partial charge is 0.335 e. The lowest BCUT2D eigenvalue weighted by Gasteiger charge is -2.14. The number of carboxylic acids is 1. The maximum Gasteiger partial charge on any atom is 0.335 e. The number of rotatable bonds is 10. The van der Waals surface area contributed by atoms with Gasteiger partial charge >= 0.3 is 5.97 Å². The van der Waals surface area contributed by atoms with E-state index in [2.05, 4.69) is 16.0 Å². The average molecular weight is 590 g/mol. The van der Waals surface area contributed by atoms with E-state index in [1.807, 2.05) is 0 Å². The minimum absolute atomic E-state index is 0.00411. The summed E-state index contributed by atoms with van der Waals surface area (Å²) in [6.07, 6.45) is 2.89. The second-order valence-electron chi connectivity index (χ2n) is 8.62. The van der Waals surface area contributed by atoms with Crippen molar-refractivity contribution in [1.29, 1.82) is 0 Å². The normalized spacial score (nSPS) is 11.8. The van der Waals surface area contributed by atoms with E-state index in [0.717, 1.165) is 4.90 Å². The molecule has 0 aliphatic carbocycles. The summed E-state index contributed by atoms with van der Waals surface area (Å²) in [5.41, 5.74) is 1.06. The number of benzene rings is 3. The third-order valence-corrected chi connectivity index (χ3v) is 7.07. The lowest BCUT2D eigenvalue weighted by atomic mass is 10.2. The van der Waals surface area contributed by atoms with Crippen molar-refractivity contribution in [3.63, 3.8) is 0 Å².